The molecule has 5 heteroatoms. The maximum atomic E-state index is 11.2. The van der Waals surface area contributed by atoms with E-state index in [2.05, 4.69) is 15.5 Å². The van der Waals surface area contributed by atoms with E-state index in [0.717, 1.165) is 5.56 Å². The lowest BCUT2D eigenvalue weighted by molar-refractivity contribution is -0.118. The first kappa shape index (κ1) is 11.9. The largest absolute Gasteiger partial charge is 0.303 e. The number of carbonyl (C=O) groups is 1. The highest BCUT2D eigenvalue weighted by Gasteiger charge is 2.25. The first-order valence-electron chi connectivity index (χ1n) is 5.30. The van der Waals surface area contributed by atoms with Crippen LogP contribution in [0.25, 0.3) is 0 Å². The van der Waals surface area contributed by atoms with Crippen LogP contribution in [0.3, 0.4) is 0 Å². The highest BCUT2D eigenvalue weighted by molar-refractivity contribution is 8.15. The summed E-state index contributed by atoms with van der Waals surface area (Å²) in [5, 5.41) is 11.0. The van der Waals surface area contributed by atoms with Gasteiger partial charge in [-0.15, -0.1) is 5.10 Å². The normalized spacial score (nSPS) is 22.4. The molecule has 0 aromatic heterocycles. The molecule has 0 unspecified atom stereocenters. The van der Waals surface area contributed by atoms with Crippen molar-refractivity contribution in [1.82, 2.24) is 5.32 Å². The summed E-state index contributed by atoms with van der Waals surface area (Å²) in [6.45, 7) is 3.87. The number of nitrogens with one attached hydrogen (secondary N) is 1. The summed E-state index contributed by atoms with van der Waals surface area (Å²) in [5.41, 5.74) is 2.20. The van der Waals surface area contributed by atoms with Crippen molar-refractivity contribution in [2.75, 3.05) is 0 Å². The van der Waals surface area contributed by atoms with Gasteiger partial charge in [0.05, 0.1) is 11.5 Å². The Morgan fingerprint density at radius 3 is 2.65 bits per heavy atom. The van der Waals surface area contributed by atoms with E-state index in [0.29, 0.717) is 5.17 Å². The third-order valence-electron chi connectivity index (χ3n) is 2.32. The Bertz CT molecular complexity index is 479. The van der Waals surface area contributed by atoms with Crippen LogP contribution in [0.1, 0.15) is 18.1 Å². The Kier molecular flexibility index (Phi) is 3.58. The van der Waals surface area contributed by atoms with Gasteiger partial charge in [0.2, 0.25) is 5.91 Å². The van der Waals surface area contributed by atoms with Crippen molar-refractivity contribution < 1.29 is 4.79 Å². The summed E-state index contributed by atoms with van der Waals surface area (Å²) in [4.78, 5) is 11.2. The van der Waals surface area contributed by atoms with Crippen LogP contribution in [-0.4, -0.2) is 22.5 Å². The van der Waals surface area contributed by atoms with Gasteiger partial charge in [-0.2, -0.15) is 5.10 Å². The first-order valence-corrected chi connectivity index (χ1v) is 6.18. The minimum Gasteiger partial charge on any atom is -0.303 e. The molecule has 1 atom stereocenters. The maximum Gasteiger partial charge on any atom is 0.239 e. The van der Waals surface area contributed by atoms with Crippen LogP contribution in [-0.2, 0) is 4.79 Å². The molecule has 17 heavy (non-hydrogen) atoms. The molecule has 4 nitrogen and oxygen atoms in total. The fourth-order valence-corrected chi connectivity index (χ4v) is 2.06. The predicted octanol–water partition coefficient (Wildman–Crippen LogP) is 1.94. The minimum absolute atomic E-state index is 0.0146. The van der Waals surface area contributed by atoms with E-state index in [9.17, 15) is 4.79 Å². The van der Waals surface area contributed by atoms with Crippen LogP contribution in [0.15, 0.2) is 34.5 Å². The Labute approximate surface area is 104 Å². The van der Waals surface area contributed by atoms with Crippen LogP contribution in [0.5, 0.6) is 0 Å². The van der Waals surface area contributed by atoms with Crippen molar-refractivity contribution in [1.29, 1.82) is 0 Å². The van der Waals surface area contributed by atoms with Gasteiger partial charge in [-0.05, 0) is 19.4 Å². The van der Waals surface area contributed by atoms with Crippen LogP contribution in [0, 0.1) is 6.92 Å². The molecule has 88 valence electrons. The van der Waals surface area contributed by atoms with E-state index >= 15 is 0 Å². The number of hydrogen-bond acceptors (Lipinski definition) is 4. The highest BCUT2D eigenvalue weighted by atomic mass is 32.2. The molecule has 0 saturated carbocycles. The van der Waals surface area contributed by atoms with Gasteiger partial charge in [-0.3, -0.25) is 4.79 Å². The summed E-state index contributed by atoms with van der Waals surface area (Å²) in [6.07, 6.45) is 1.67. The second kappa shape index (κ2) is 5.14. The molecule has 1 aromatic rings. The molecule has 1 aliphatic rings. The Morgan fingerprint density at radius 1 is 1.35 bits per heavy atom. The molecule has 1 heterocycles. The van der Waals surface area contributed by atoms with Gasteiger partial charge in [0.25, 0.3) is 0 Å². The van der Waals surface area contributed by atoms with Crippen LogP contribution >= 0.6 is 11.8 Å². The topological polar surface area (TPSA) is 53.8 Å². The third kappa shape index (κ3) is 3.17. The fourth-order valence-electron chi connectivity index (χ4n) is 1.31. The molecule has 1 fully saturated rings. The number of amidine groups is 1. The molecule has 0 aliphatic carbocycles. The molecule has 0 bridgehead atoms. The van der Waals surface area contributed by atoms with E-state index in [1.165, 1.54) is 17.3 Å². The Balaban J connectivity index is 2.00. The molecular weight excluding hydrogens is 234 g/mol. The summed E-state index contributed by atoms with van der Waals surface area (Å²) in [5.74, 6) is -0.0146. The second-order valence-electron chi connectivity index (χ2n) is 3.81. The number of thioether (sulfide) groups is 1. The molecule has 1 amide bonds. The molecular formula is C12H13N3OS. The number of benzene rings is 1. The lowest BCUT2D eigenvalue weighted by Crippen LogP contribution is -2.23. The van der Waals surface area contributed by atoms with E-state index in [4.69, 9.17) is 0 Å². The zero-order valence-corrected chi connectivity index (χ0v) is 10.5. The van der Waals surface area contributed by atoms with Gasteiger partial charge in [0, 0.05) is 0 Å². The van der Waals surface area contributed by atoms with Gasteiger partial charge < -0.3 is 5.32 Å². The molecule has 0 spiro atoms. The van der Waals surface area contributed by atoms with Crippen LogP contribution in [0.4, 0.5) is 0 Å². The Hall–Kier alpha value is -1.62. The third-order valence-corrected chi connectivity index (χ3v) is 3.30. The van der Waals surface area contributed by atoms with Gasteiger partial charge in [-0.25, -0.2) is 0 Å². The number of aryl methyl sites for hydroxylation is 1. The van der Waals surface area contributed by atoms with Crippen molar-refractivity contribution in [3.05, 3.63) is 35.4 Å². The quantitative estimate of drug-likeness (QED) is 0.641. The van der Waals surface area contributed by atoms with Crippen molar-refractivity contribution >= 4 is 29.1 Å². The zero-order valence-electron chi connectivity index (χ0n) is 9.68. The molecule has 1 aromatic carbocycles. The predicted molar refractivity (Wildman–Crippen MR) is 71.4 cm³/mol. The van der Waals surface area contributed by atoms with E-state index in [1.807, 2.05) is 38.1 Å². The van der Waals surface area contributed by atoms with Gasteiger partial charge >= 0.3 is 0 Å². The number of rotatable bonds is 2. The monoisotopic (exact) mass is 247 g/mol. The number of hydrogen-bond donors (Lipinski definition) is 1. The van der Waals surface area contributed by atoms with E-state index in [1.54, 1.807) is 6.21 Å². The first-order chi connectivity index (χ1) is 8.15. The average molecular weight is 247 g/mol. The fraction of sp³-hybridized carbons (Fsp3) is 0.250. The Morgan fingerprint density at radius 2 is 2.06 bits per heavy atom. The summed E-state index contributed by atoms with van der Waals surface area (Å²) < 4.78 is 0. The van der Waals surface area contributed by atoms with Crippen molar-refractivity contribution in [3.63, 3.8) is 0 Å². The van der Waals surface area contributed by atoms with Gasteiger partial charge in [-0.1, -0.05) is 41.6 Å². The van der Waals surface area contributed by atoms with Crippen molar-refractivity contribution in [2.24, 2.45) is 10.2 Å². The molecule has 1 N–H and O–H groups in total. The maximum absolute atomic E-state index is 11.2. The number of carbonyl (C=O) groups excluding carboxylic acids is 1. The summed E-state index contributed by atoms with van der Waals surface area (Å²) in [7, 11) is 0. The summed E-state index contributed by atoms with van der Waals surface area (Å²) in [6, 6.07) is 7.98. The van der Waals surface area contributed by atoms with E-state index < -0.39 is 0 Å². The number of nitrogens with zero attached hydrogens (tertiary/aromatic N) is 2. The molecule has 0 radical (unpaired) electrons. The lowest BCUT2D eigenvalue weighted by atomic mass is 10.2. The SMILES string of the molecule is Cc1ccc(/C=N\N=C2/NC(=O)[C@H](C)S2)cc1. The smallest absolute Gasteiger partial charge is 0.239 e. The van der Waals surface area contributed by atoms with Crippen molar-refractivity contribution in [2.45, 2.75) is 19.1 Å². The van der Waals surface area contributed by atoms with Crippen molar-refractivity contribution in [3.8, 4) is 0 Å². The molecule has 1 saturated heterocycles. The van der Waals surface area contributed by atoms with Gasteiger partial charge in [0.1, 0.15) is 0 Å². The summed E-state index contributed by atoms with van der Waals surface area (Å²) >= 11 is 1.39. The lowest BCUT2D eigenvalue weighted by Gasteiger charge is -1.93. The van der Waals surface area contributed by atoms with Crippen LogP contribution < -0.4 is 5.32 Å². The average Bonchev–Trinajstić information content (AvgIpc) is 2.61. The van der Waals surface area contributed by atoms with E-state index in [-0.39, 0.29) is 11.2 Å². The second-order valence-corrected chi connectivity index (χ2v) is 5.14. The highest BCUT2D eigenvalue weighted by Crippen LogP contribution is 2.18. The minimum atomic E-state index is -0.0803. The zero-order chi connectivity index (χ0) is 12.3. The standard InChI is InChI=1S/C12H13N3OS/c1-8-3-5-10(6-4-8)7-13-15-12-14-11(16)9(2)17-12/h3-7,9H,1-2H3,(H,14,15,16)/b13-7-/t9-/m0/s1. The molecule has 1 aliphatic heterocycles. The molecule has 2 rings (SSSR count). The van der Waals surface area contributed by atoms with Gasteiger partial charge in [0.15, 0.2) is 5.17 Å². The number of amides is 1. The van der Waals surface area contributed by atoms with Crippen LogP contribution in [0.2, 0.25) is 0 Å².